The number of ether oxygens (including phenoxy) is 1. The van der Waals surface area contributed by atoms with Crippen LogP contribution in [0, 0.1) is 17.2 Å². The number of hydrogen-bond acceptors (Lipinski definition) is 5. The number of aliphatic imine (C=N–C) groups is 1. The Kier molecular flexibility index (Phi) is 10.1. The van der Waals surface area contributed by atoms with E-state index in [-0.39, 0.29) is 11.8 Å². The number of fused-ring (bicyclic) bond motifs is 1. The van der Waals surface area contributed by atoms with E-state index >= 15 is 0 Å². The zero-order valence-electron chi connectivity index (χ0n) is 25.1. The molecule has 0 aliphatic carbocycles. The van der Waals surface area contributed by atoms with E-state index in [1.165, 1.54) is 7.11 Å². The lowest BCUT2D eigenvalue weighted by atomic mass is 9.97. The maximum atomic E-state index is 13.8. The van der Waals surface area contributed by atoms with Gasteiger partial charge in [-0.1, -0.05) is 75.0 Å². The number of allylic oxidation sites excluding steroid dienone is 1. The van der Waals surface area contributed by atoms with Crippen molar-refractivity contribution in [3.8, 4) is 17.2 Å². The summed E-state index contributed by atoms with van der Waals surface area (Å²) in [5, 5.41) is 14.1. The minimum atomic E-state index is -0.764. The first-order valence-corrected chi connectivity index (χ1v) is 14.2. The van der Waals surface area contributed by atoms with Crippen molar-refractivity contribution < 1.29 is 14.3 Å². The van der Waals surface area contributed by atoms with Gasteiger partial charge in [0, 0.05) is 37.2 Å². The third-order valence-corrected chi connectivity index (χ3v) is 7.16. The van der Waals surface area contributed by atoms with Gasteiger partial charge in [0.05, 0.1) is 37.2 Å². The summed E-state index contributed by atoms with van der Waals surface area (Å²) in [6, 6.07) is 22.8. The molecular formula is C35H37N5O3. The standard InChI is InChI=1S/C35H37N5O3/c1-24(2)17-33(35(42)43-5)38-34(41)32-22-39(21-31(32)30-12-8-10-28-9-6-7-11-29(28)30)19-25(3)40(23-37-4)20-27-15-13-26(18-36)14-16-27/h6-16,21-24,33H,3,17,19-20H2,1-2,4-5H3,(H,38,41)/t33-/m0/s1. The maximum absolute atomic E-state index is 13.8. The lowest BCUT2D eigenvalue weighted by molar-refractivity contribution is -0.143. The fraction of sp³-hybridized carbons (Fsp3) is 0.257. The SMILES string of the molecule is C=C(Cn1cc(C(=O)N[C@@H](CC(C)C)C(=O)OC)c(-c2cccc3ccccc23)c1)N(C=NC)Cc1ccc(C#N)cc1. The van der Waals surface area contributed by atoms with Gasteiger partial charge in [-0.3, -0.25) is 9.79 Å². The zero-order valence-corrected chi connectivity index (χ0v) is 25.1. The molecule has 43 heavy (non-hydrogen) atoms. The van der Waals surface area contributed by atoms with Gasteiger partial charge in [-0.2, -0.15) is 5.26 Å². The van der Waals surface area contributed by atoms with Crippen LogP contribution in [0.1, 0.15) is 41.8 Å². The molecule has 0 bridgehead atoms. The molecular weight excluding hydrogens is 538 g/mol. The summed E-state index contributed by atoms with van der Waals surface area (Å²) in [7, 11) is 3.03. The molecule has 0 aliphatic rings. The Labute approximate surface area is 252 Å². The van der Waals surface area contributed by atoms with Gasteiger partial charge in [0.15, 0.2) is 0 Å². The predicted molar refractivity (Wildman–Crippen MR) is 170 cm³/mol. The Bertz CT molecular complexity index is 1670. The monoisotopic (exact) mass is 575 g/mol. The molecule has 0 fully saturated rings. The van der Waals surface area contributed by atoms with Crippen LogP contribution in [0.5, 0.6) is 0 Å². The molecule has 220 valence electrons. The Hall–Kier alpha value is -5.16. The number of hydrogen-bond donors (Lipinski definition) is 1. The number of benzene rings is 3. The Morgan fingerprint density at radius 2 is 1.79 bits per heavy atom. The molecule has 0 saturated carbocycles. The quantitative estimate of drug-likeness (QED) is 0.124. The topological polar surface area (TPSA) is 99.7 Å². The molecule has 1 N–H and O–H groups in total. The van der Waals surface area contributed by atoms with Gasteiger partial charge in [-0.25, -0.2) is 4.79 Å². The number of aromatic nitrogens is 1. The van der Waals surface area contributed by atoms with Crippen molar-refractivity contribution >= 4 is 29.0 Å². The van der Waals surface area contributed by atoms with Gasteiger partial charge in [0.25, 0.3) is 5.91 Å². The van der Waals surface area contributed by atoms with Crippen molar-refractivity contribution in [2.45, 2.75) is 39.4 Å². The van der Waals surface area contributed by atoms with Gasteiger partial charge >= 0.3 is 5.97 Å². The molecule has 1 aromatic heterocycles. The maximum Gasteiger partial charge on any atom is 0.328 e. The van der Waals surface area contributed by atoms with Crippen LogP contribution >= 0.6 is 0 Å². The van der Waals surface area contributed by atoms with Crippen LogP contribution in [0.4, 0.5) is 0 Å². The fourth-order valence-electron chi connectivity index (χ4n) is 5.08. The average molecular weight is 576 g/mol. The van der Waals surface area contributed by atoms with E-state index in [2.05, 4.69) is 23.0 Å². The van der Waals surface area contributed by atoms with Crippen molar-refractivity contribution in [2.75, 3.05) is 14.2 Å². The predicted octanol–water partition coefficient (Wildman–Crippen LogP) is 6.17. The molecule has 0 aliphatic heterocycles. The number of carbonyl (C=O) groups excluding carboxylic acids is 2. The van der Waals surface area contributed by atoms with E-state index in [0.717, 1.165) is 33.2 Å². The summed E-state index contributed by atoms with van der Waals surface area (Å²) in [4.78, 5) is 32.5. The van der Waals surface area contributed by atoms with E-state index in [9.17, 15) is 9.59 Å². The Morgan fingerprint density at radius 1 is 1.07 bits per heavy atom. The van der Waals surface area contributed by atoms with Crippen molar-refractivity contribution in [2.24, 2.45) is 10.9 Å². The minimum absolute atomic E-state index is 0.178. The fourth-order valence-corrected chi connectivity index (χ4v) is 5.08. The first kappa shape index (κ1) is 30.8. The number of methoxy groups -OCH3 is 1. The van der Waals surface area contributed by atoms with Crippen LogP contribution in [-0.4, -0.2) is 47.9 Å². The second-order valence-corrected chi connectivity index (χ2v) is 10.8. The molecule has 8 heteroatoms. The van der Waals surface area contributed by atoms with Gasteiger partial charge in [-0.05, 0) is 46.4 Å². The average Bonchev–Trinajstić information content (AvgIpc) is 3.43. The first-order valence-electron chi connectivity index (χ1n) is 14.2. The van der Waals surface area contributed by atoms with Crippen LogP contribution in [0.15, 0.2) is 96.4 Å². The largest absolute Gasteiger partial charge is 0.467 e. The number of carbonyl (C=O) groups is 2. The molecule has 1 heterocycles. The van der Waals surface area contributed by atoms with Gasteiger partial charge < -0.3 is 19.5 Å². The van der Waals surface area contributed by atoms with Crippen LogP contribution < -0.4 is 5.32 Å². The van der Waals surface area contributed by atoms with E-state index in [0.29, 0.717) is 30.6 Å². The second-order valence-electron chi connectivity index (χ2n) is 10.8. The molecule has 0 unspecified atom stereocenters. The van der Waals surface area contributed by atoms with Crippen LogP contribution in [0.3, 0.4) is 0 Å². The highest BCUT2D eigenvalue weighted by Crippen LogP contribution is 2.32. The van der Waals surface area contributed by atoms with Crippen molar-refractivity contribution in [1.82, 2.24) is 14.8 Å². The van der Waals surface area contributed by atoms with Gasteiger partial charge in [0.2, 0.25) is 0 Å². The van der Waals surface area contributed by atoms with E-state index in [1.807, 2.05) is 84.1 Å². The Balaban J connectivity index is 1.70. The lowest BCUT2D eigenvalue weighted by Gasteiger charge is -2.22. The molecule has 1 amide bonds. The summed E-state index contributed by atoms with van der Waals surface area (Å²) in [6.07, 6.45) is 5.92. The molecule has 4 rings (SSSR count). The first-order chi connectivity index (χ1) is 20.7. The van der Waals surface area contributed by atoms with E-state index < -0.39 is 12.0 Å². The number of amides is 1. The molecule has 0 radical (unpaired) electrons. The highest BCUT2D eigenvalue weighted by molar-refractivity contribution is 6.06. The van der Waals surface area contributed by atoms with Crippen LogP contribution in [-0.2, 0) is 22.6 Å². The number of nitrogens with zero attached hydrogens (tertiary/aromatic N) is 4. The van der Waals surface area contributed by atoms with E-state index in [4.69, 9.17) is 10.00 Å². The molecule has 0 spiro atoms. The number of nitriles is 1. The third-order valence-electron chi connectivity index (χ3n) is 7.16. The molecule has 3 aromatic carbocycles. The lowest BCUT2D eigenvalue weighted by Crippen LogP contribution is -2.42. The molecule has 1 atom stereocenters. The summed E-state index contributed by atoms with van der Waals surface area (Å²) >= 11 is 0. The highest BCUT2D eigenvalue weighted by Gasteiger charge is 2.26. The van der Waals surface area contributed by atoms with E-state index in [1.54, 1.807) is 31.7 Å². The molecule has 0 saturated heterocycles. The summed E-state index contributed by atoms with van der Waals surface area (Å²) in [5.74, 6) is -0.649. The molecule has 8 nitrogen and oxygen atoms in total. The summed E-state index contributed by atoms with van der Waals surface area (Å²) in [6.45, 7) is 9.22. The smallest absolute Gasteiger partial charge is 0.328 e. The van der Waals surface area contributed by atoms with Gasteiger partial charge in [-0.15, -0.1) is 0 Å². The van der Waals surface area contributed by atoms with Crippen molar-refractivity contribution in [1.29, 1.82) is 5.26 Å². The highest BCUT2D eigenvalue weighted by atomic mass is 16.5. The second kappa shape index (κ2) is 14.1. The number of nitrogens with one attached hydrogen (secondary N) is 1. The number of rotatable bonds is 12. The Morgan fingerprint density at radius 3 is 2.47 bits per heavy atom. The van der Waals surface area contributed by atoms with Crippen LogP contribution in [0.25, 0.3) is 21.9 Å². The van der Waals surface area contributed by atoms with Gasteiger partial charge in [0.1, 0.15) is 6.04 Å². The third kappa shape index (κ3) is 7.57. The van der Waals surface area contributed by atoms with Crippen molar-refractivity contribution in [3.05, 3.63) is 108 Å². The van der Waals surface area contributed by atoms with Crippen molar-refractivity contribution in [3.63, 3.8) is 0 Å². The van der Waals surface area contributed by atoms with Crippen LogP contribution in [0.2, 0.25) is 0 Å². The zero-order chi connectivity index (χ0) is 30.9. The number of esters is 1. The minimum Gasteiger partial charge on any atom is -0.467 e. The summed E-state index contributed by atoms with van der Waals surface area (Å²) in [5.41, 5.74) is 4.47. The summed E-state index contributed by atoms with van der Waals surface area (Å²) < 4.78 is 6.92. The molecule has 4 aromatic rings. The normalized spacial score (nSPS) is 11.8.